The fourth-order valence-electron chi connectivity index (χ4n) is 1.81. The van der Waals surface area contributed by atoms with Crippen molar-refractivity contribution in [1.82, 2.24) is 5.32 Å². The van der Waals surface area contributed by atoms with E-state index in [4.69, 9.17) is 5.84 Å². The number of hydrogen-bond donors (Lipinski definition) is 3. The third kappa shape index (κ3) is 2.82. The van der Waals surface area contributed by atoms with Crippen LogP contribution in [0.4, 0.5) is 11.4 Å². The number of benzene rings is 1. The van der Waals surface area contributed by atoms with Gasteiger partial charge >= 0.3 is 0 Å². The number of hydrazine groups is 1. The highest BCUT2D eigenvalue weighted by molar-refractivity contribution is 6.01. The highest BCUT2D eigenvalue weighted by Crippen LogP contribution is 2.44. The molecule has 0 unspecified atom stereocenters. The number of rotatable bonds is 5. The number of nitro benzene ring substituents is 1. The fourth-order valence-corrected chi connectivity index (χ4v) is 1.81. The molecule has 1 amide bonds. The fraction of sp³-hybridized carbons (Fsp3) is 0.417. The zero-order valence-electron chi connectivity index (χ0n) is 10.6. The standard InChI is InChI=1S/C12H16N4O3/c1-12(5-6-12)7-14-11(17)8-3-2-4-9(16(18)19)10(8)15-13/h2-4,15H,5-7,13H2,1H3,(H,14,17). The SMILES string of the molecule is CC1(CNC(=O)c2cccc([N+](=O)[O-])c2NN)CC1. The van der Waals surface area contributed by atoms with Gasteiger partial charge in [0.15, 0.2) is 0 Å². The Bertz CT molecular complexity index is 526. The van der Waals surface area contributed by atoms with Crippen LogP contribution in [0.5, 0.6) is 0 Å². The lowest BCUT2D eigenvalue weighted by Gasteiger charge is -2.12. The van der Waals surface area contributed by atoms with Gasteiger partial charge in [-0.25, -0.2) is 0 Å². The van der Waals surface area contributed by atoms with Gasteiger partial charge in [-0.15, -0.1) is 0 Å². The van der Waals surface area contributed by atoms with Crippen LogP contribution in [0.15, 0.2) is 18.2 Å². The molecule has 1 saturated carbocycles. The molecule has 1 aliphatic rings. The molecule has 19 heavy (non-hydrogen) atoms. The van der Waals surface area contributed by atoms with Gasteiger partial charge in [0.05, 0.1) is 10.5 Å². The lowest BCUT2D eigenvalue weighted by Crippen LogP contribution is -2.30. The predicted octanol–water partition coefficient (Wildman–Crippen LogP) is 1.41. The Hall–Kier alpha value is -2.15. The van der Waals surface area contributed by atoms with E-state index in [1.807, 2.05) is 0 Å². The number of para-hydroxylation sites is 1. The van der Waals surface area contributed by atoms with Crippen molar-refractivity contribution in [3.05, 3.63) is 33.9 Å². The largest absolute Gasteiger partial charge is 0.351 e. The summed E-state index contributed by atoms with van der Waals surface area (Å²) in [5.41, 5.74) is 2.41. The second-order valence-electron chi connectivity index (χ2n) is 5.09. The zero-order valence-corrected chi connectivity index (χ0v) is 10.6. The average molecular weight is 264 g/mol. The molecule has 0 bridgehead atoms. The maximum atomic E-state index is 12.0. The first-order chi connectivity index (χ1) is 8.97. The van der Waals surface area contributed by atoms with Crippen LogP contribution in [0.3, 0.4) is 0 Å². The normalized spacial score (nSPS) is 15.7. The topological polar surface area (TPSA) is 110 Å². The molecule has 4 N–H and O–H groups in total. The first kappa shape index (κ1) is 13.3. The van der Waals surface area contributed by atoms with Crippen molar-refractivity contribution in [3.8, 4) is 0 Å². The molecule has 1 aromatic carbocycles. The van der Waals surface area contributed by atoms with Crippen molar-refractivity contribution in [3.63, 3.8) is 0 Å². The summed E-state index contributed by atoms with van der Waals surface area (Å²) in [6, 6.07) is 4.27. The van der Waals surface area contributed by atoms with E-state index < -0.39 is 4.92 Å². The first-order valence-corrected chi connectivity index (χ1v) is 5.99. The van der Waals surface area contributed by atoms with Crippen molar-refractivity contribution >= 4 is 17.3 Å². The molecule has 7 heteroatoms. The average Bonchev–Trinajstić information content (AvgIpc) is 3.13. The van der Waals surface area contributed by atoms with E-state index in [0.29, 0.717) is 6.54 Å². The Morgan fingerprint density at radius 1 is 1.53 bits per heavy atom. The van der Waals surface area contributed by atoms with Crippen LogP contribution in [-0.2, 0) is 0 Å². The lowest BCUT2D eigenvalue weighted by atomic mass is 10.1. The minimum absolute atomic E-state index is 0.0333. The third-order valence-corrected chi connectivity index (χ3v) is 3.41. The summed E-state index contributed by atoms with van der Waals surface area (Å²) >= 11 is 0. The van der Waals surface area contributed by atoms with Crippen LogP contribution in [-0.4, -0.2) is 17.4 Å². The maximum Gasteiger partial charge on any atom is 0.294 e. The van der Waals surface area contributed by atoms with Crippen LogP contribution in [0.25, 0.3) is 0 Å². The van der Waals surface area contributed by atoms with Crippen molar-refractivity contribution in [2.24, 2.45) is 11.3 Å². The molecule has 0 aliphatic heterocycles. The Morgan fingerprint density at radius 3 is 2.74 bits per heavy atom. The number of nitro groups is 1. The molecule has 0 atom stereocenters. The van der Waals surface area contributed by atoms with Crippen molar-refractivity contribution < 1.29 is 9.72 Å². The van der Waals surface area contributed by atoms with Gasteiger partial charge in [-0.2, -0.15) is 0 Å². The number of nitrogen functional groups attached to an aromatic ring is 1. The Morgan fingerprint density at radius 2 is 2.21 bits per heavy atom. The molecule has 7 nitrogen and oxygen atoms in total. The number of carbonyl (C=O) groups excluding carboxylic acids is 1. The number of anilines is 1. The van der Waals surface area contributed by atoms with Gasteiger partial charge < -0.3 is 10.7 Å². The number of nitrogens with zero attached hydrogens (tertiary/aromatic N) is 1. The molecule has 0 saturated heterocycles. The predicted molar refractivity (Wildman–Crippen MR) is 70.6 cm³/mol. The minimum atomic E-state index is -0.575. The molecule has 0 radical (unpaired) electrons. The first-order valence-electron chi connectivity index (χ1n) is 5.99. The molecule has 0 aromatic heterocycles. The number of nitrogens with two attached hydrogens (primary N) is 1. The van der Waals surface area contributed by atoms with E-state index >= 15 is 0 Å². The van der Waals surface area contributed by atoms with Crippen LogP contribution < -0.4 is 16.6 Å². The zero-order chi connectivity index (χ0) is 14.0. The monoisotopic (exact) mass is 264 g/mol. The van der Waals surface area contributed by atoms with Crippen LogP contribution in [0.2, 0.25) is 0 Å². The van der Waals surface area contributed by atoms with Gasteiger partial charge in [-0.1, -0.05) is 13.0 Å². The van der Waals surface area contributed by atoms with Gasteiger partial charge in [0, 0.05) is 12.6 Å². The molecule has 1 aliphatic carbocycles. The molecular formula is C12H16N4O3. The van der Waals surface area contributed by atoms with Gasteiger partial charge in [-0.3, -0.25) is 20.8 Å². The van der Waals surface area contributed by atoms with Gasteiger partial charge in [0.1, 0.15) is 5.69 Å². The second kappa shape index (κ2) is 4.85. The number of carbonyl (C=O) groups is 1. The van der Waals surface area contributed by atoms with E-state index in [-0.39, 0.29) is 28.3 Å². The molecule has 1 fully saturated rings. The number of nitrogens with one attached hydrogen (secondary N) is 2. The third-order valence-electron chi connectivity index (χ3n) is 3.41. The van der Waals surface area contributed by atoms with E-state index in [1.165, 1.54) is 18.2 Å². The van der Waals surface area contributed by atoms with E-state index in [2.05, 4.69) is 17.7 Å². The van der Waals surface area contributed by atoms with E-state index in [0.717, 1.165) is 12.8 Å². The Balaban J connectivity index is 2.20. The number of amides is 1. The molecule has 0 heterocycles. The van der Waals surface area contributed by atoms with Gasteiger partial charge in [-0.05, 0) is 24.3 Å². The maximum absolute atomic E-state index is 12.0. The summed E-state index contributed by atoms with van der Waals surface area (Å²) in [4.78, 5) is 22.3. The molecule has 102 valence electrons. The van der Waals surface area contributed by atoms with Crippen LogP contribution >= 0.6 is 0 Å². The molecule has 0 spiro atoms. The smallest absolute Gasteiger partial charge is 0.294 e. The highest BCUT2D eigenvalue weighted by Gasteiger charge is 2.37. The summed E-state index contributed by atoms with van der Waals surface area (Å²) in [6.45, 7) is 2.65. The summed E-state index contributed by atoms with van der Waals surface area (Å²) in [7, 11) is 0. The van der Waals surface area contributed by atoms with Crippen molar-refractivity contribution in [1.29, 1.82) is 0 Å². The molecule has 2 rings (SSSR count). The van der Waals surface area contributed by atoms with Crippen molar-refractivity contribution in [2.45, 2.75) is 19.8 Å². The van der Waals surface area contributed by atoms with E-state index in [1.54, 1.807) is 0 Å². The quantitative estimate of drug-likeness (QED) is 0.423. The second-order valence-corrected chi connectivity index (χ2v) is 5.09. The van der Waals surface area contributed by atoms with Crippen molar-refractivity contribution in [2.75, 3.05) is 12.0 Å². The highest BCUT2D eigenvalue weighted by atomic mass is 16.6. The summed E-state index contributed by atoms with van der Waals surface area (Å²) < 4.78 is 0. The minimum Gasteiger partial charge on any atom is -0.351 e. The van der Waals surface area contributed by atoms with E-state index in [9.17, 15) is 14.9 Å². The Kier molecular flexibility index (Phi) is 3.39. The lowest BCUT2D eigenvalue weighted by molar-refractivity contribution is -0.384. The summed E-state index contributed by atoms with van der Waals surface area (Å²) in [5, 5.41) is 13.6. The van der Waals surface area contributed by atoms with Crippen LogP contribution in [0.1, 0.15) is 30.1 Å². The van der Waals surface area contributed by atoms with Gasteiger partial charge in [0.2, 0.25) is 0 Å². The number of hydrogen-bond acceptors (Lipinski definition) is 5. The summed E-state index contributed by atoms with van der Waals surface area (Å²) in [5.74, 6) is 4.93. The molecule has 1 aromatic rings. The van der Waals surface area contributed by atoms with Crippen LogP contribution in [0, 0.1) is 15.5 Å². The molecular weight excluding hydrogens is 248 g/mol. The summed E-state index contributed by atoms with van der Waals surface area (Å²) in [6.07, 6.45) is 2.18. The van der Waals surface area contributed by atoms with Gasteiger partial charge in [0.25, 0.3) is 11.6 Å². The Labute approximate surface area is 110 Å².